The van der Waals surface area contributed by atoms with Gasteiger partial charge in [0.25, 0.3) is 0 Å². The van der Waals surface area contributed by atoms with Crippen molar-refractivity contribution in [1.29, 1.82) is 0 Å². The Bertz CT molecular complexity index is 27.5. The van der Waals surface area contributed by atoms with Crippen LogP contribution in [0.3, 0.4) is 0 Å². The van der Waals surface area contributed by atoms with Gasteiger partial charge in [0.15, 0.2) is 0 Å². The molecule has 0 rings (SSSR count). The summed E-state index contributed by atoms with van der Waals surface area (Å²) in [5.74, 6) is 0. The van der Waals surface area contributed by atoms with Gasteiger partial charge in [-0.15, -0.1) is 0 Å². The van der Waals surface area contributed by atoms with Crippen LogP contribution in [0.4, 0.5) is 4.53 Å². The molecule has 0 aliphatic heterocycles. The van der Waals surface area contributed by atoms with Crippen molar-refractivity contribution in [3.63, 3.8) is 0 Å². The van der Waals surface area contributed by atoms with Gasteiger partial charge in [-0.05, 0) is 0 Å². The molecule has 6 heteroatoms. The molecular formula is H3CaFNaO2Ta. The first-order valence-electron chi connectivity index (χ1n) is 0.519. The van der Waals surface area contributed by atoms with Crippen LogP contribution in [0.5, 0.6) is 0 Å². The molecule has 0 bridgehead atoms. The summed E-state index contributed by atoms with van der Waals surface area (Å²) in [6, 6.07) is 0. The van der Waals surface area contributed by atoms with Crippen molar-refractivity contribution in [3.05, 3.63) is 0 Å². The molecule has 0 fully saturated rings. The summed E-state index contributed by atoms with van der Waals surface area (Å²) in [4.78, 5) is 0. The molecule has 30 valence electrons. The van der Waals surface area contributed by atoms with Gasteiger partial charge in [0.2, 0.25) is 0 Å². The van der Waals surface area contributed by atoms with E-state index in [1.165, 1.54) is 0 Å². The average Bonchev–Trinajstić information content (AvgIpc) is 1.37. The SMILES string of the molecule is [CaH2].[NaH].[O]=[Ta][O]F. The van der Waals surface area contributed by atoms with Gasteiger partial charge in [-0.3, -0.25) is 0 Å². The standard InChI is InChI=1S/Ca.FO.Na.O.Ta.3H/c;1-2;;;;;;/q;-1;;;+1;;;. The van der Waals surface area contributed by atoms with Gasteiger partial charge in [-0.2, -0.15) is 0 Å². The zero-order valence-electron chi connectivity index (χ0n) is 1.64. The second-order valence-electron chi connectivity index (χ2n) is 0.144. The number of hydrogen-bond acceptors (Lipinski definition) is 2. The fourth-order valence-electron chi connectivity index (χ4n) is 0. The summed E-state index contributed by atoms with van der Waals surface area (Å²) in [7, 11) is 0. The zero-order valence-corrected chi connectivity index (χ0v) is 4.86. The van der Waals surface area contributed by atoms with E-state index in [0.717, 1.165) is 0 Å². The second kappa shape index (κ2) is 15.6. The molecule has 0 unspecified atom stereocenters. The summed E-state index contributed by atoms with van der Waals surface area (Å²) in [6.07, 6.45) is 0. The van der Waals surface area contributed by atoms with Gasteiger partial charge < -0.3 is 0 Å². The molecule has 0 atom stereocenters. The van der Waals surface area contributed by atoms with E-state index in [1.54, 1.807) is 0 Å². The molecular weight excluding hydrogens is 295 g/mol. The molecule has 0 aliphatic rings. The number of rotatable bonds is 1. The summed E-state index contributed by atoms with van der Waals surface area (Å²) in [5.41, 5.74) is 0. The van der Waals surface area contributed by atoms with Crippen LogP contribution in [0.2, 0.25) is 0 Å². The zero-order chi connectivity index (χ0) is 3.41. The maximum atomic E-state index is 9.99. The predicted molar refractivity (Wildman–Crippen MR) is 18.6 cm³/mol. The van der Waals surface area contributed by atoms with Crippen LogP contribution in [-0.4, -0.2) is 67.3 Å². The molecule has 0 heterocycles. The van der Waals surface area contributed by atoms with E-state index in [1.807, 2.05) is 0 Å². The molecule has 6 heavy (non-hydrogen) atoms. The van der Waals surface area contributed by atoms with Gasteiger partial charge >= 0.3 is 98.6 Å². The number of halogens is 1. The van der Waals surface area contributed by atoms with E-state index in [4.69, 9.17) is 3.25 Å². The fourth-order valence-corrected chi connectivity index (χ4v) is 0. The van der Waals surface area contributed by atoms with Crippen LogP contribution < -0.4 is 0 Å². The molecule has 2 nitrogen and oxygen atoms in total. The third-order valence-corrected chi connectivity index (χ3v) is 0.231. The first kappa shape index (κ1) is 15.9. The van der Waals surface area contributed by atoms with Crippen molar-refractivity contribution in [2.24, 2.45) is 0 Å². The summed E-state index contributed by atoms with van der Waals surface area (Å²) < 4.78 is 21.5. The molecule has 0 saturated carbocycles. The molecule has 0 amide bonds. The second-order valence-corrected chi connectivity index (χ2v) is 1.17. The average molecular weight is 298 g/mol. The minimum absolute atomic E-state index is 0. The Morgan fingerprint density at radius 1 is 1.67 bits per heavy atom. The van der Waals surface area contributed by atoms with Crippen molar-refractivity contribution in [3.8, 4) is 0 Å². The monoisotopic (exact) mass is 298 g/mol. The molecule has 0 aromatic rings. The van der Waals surface area contributed by atoms with Crippen molar-refractivity contribution < 1.29 is 31.4 Å². The van der Waals surface area contributed by atoms with E-state index in [-0.39, 0.29) is 67.3 Å². The Morgan fingerprint density at radius 3 is 1.83 bits per heavy atom. The Labute approximate surface area is 96.5 Å². The van der Waals surface area contributed by atoms with Gasteiger partial charge in [0.1, 0.15) is 0 Å². The Hall–Kier alpha value is 2.69. The predicted octanol–water partition coefficient (Wildman–Crippen LogP) is -1.33. The van der Waals surface area contributed by atoms with Crippen LogP contribution >= 0.6 is 0 Å². The van der Waals surface area contributed by atoms with E-state index in [0.29, 0.717) is 0 Å². The minimum atomic E-state index is -2.26. The Morgan fingerprint density at radius 2 is 1.83 bits per heavy atom. The molecule has 0 radical (unpaired) electrons. The summed E-state index contributed by atoms with van der Waals surface area (Å²) >= 11 is -2.26. The fraction of sp³-hybridized carbons (Fsp3) is 0. The van der Waals surface area contributed by atoms with Gasteiger partial charge in [-0.1, -0.05) is 0 Å². The first-order valence-corrected chi connectivity index (χ1v) is 3.14. The van der Waals surface area contributed by atoms with Crippen LogP contribution in [0.25, 0.3) is 0 Å². The third-order valence-electron chi connectivity index (χ3n) is 0.0282. The van der Waals surface area contributed by atoms with Crippen molar-refractivity contribution >= 4 is 67.3 Å². The third kappa shape index (κ3) is 15.9. The summed E-state index contributed by atoms with van der Waals surface area (Å²) in [5, 5.41) is 0. The molecule has 0 spiro atoms. The van der Waals surface area contributed by atoms with Crippen molar-refractivity contribution in [2.45, 2.75) is 0 Å². The van der Waals surface area contributed by atoms with Crippen molar-refractivity contribution in [2.75, 3.05) is 0 Å². The topological polar surface area (TPSA) is 26.3 Å². The van der Waals surface area contributed by atoms with Crippen LogP contribution in [0, 0.1) is 0 Å². The quantitative estimate of drug-likeness (QED) is 0.561. The van der Waals surface area contributed by atoms with E-state index < -0.39 is 20.1 Å². The van der Waals surface area contributed by atoms with Gasteiger partial charge in [0.05, 0.1) is 0 Å². The Kier molecular flexibility index (Phi) is 41.4. The van der Waals surface area contributed by atoms with Crippen LogP contribution in [0.1, 0.15) is 0 Å². The van der Waals surface area contributed by atoms with E-state index >= 15 is 0 Å². The first-order chi connectivity index (χ1) is 1.91. The van der Waals surface area contributed by atoms with Crippen LogP contribution in [-0.2, 0) is 26.8 Å². The van der Waals surface area contributed by atoms with Crippen LogP contribution in [0.15, 0.2) is 0 Å². The summed E-state index contributed by atoms with van der Waals surface area (Å²) in [6.45, 7) is 0. The molecule has 0 saturated heterocycles. The van der Waals surface area contributed by atoms with Gasteiger partial charge in [0, 0.05) is 0 Å². The van der Waals surface area contributed by atoms with E-state index in [9.17, 15) is 4.53 Å². The molecule has 0 aromatic carbocycles. The maximum absolute atomic E-state index is 9.99. The normalized spacial score (nSPS) is 4.17. The van der Waals surface area contributed by atoms with Crippen molar-refractivity contribution in [1.82, 2.24) is 0 Å². The molecule has 0 aliphatic carbocycles. The van der Waals surface area contributed by atoms with E-state index in [2.05, 4.69) is 3.45 Å². The number of hydrogen-bond donors (Lipinski definition) is 0. The Balaban J connectivity index is -0.0000000450. The molecule has 0 aromatic heterocycles. The molecule has 0 N–H and O–H groups in total. The van der Waals surface area contributed by atoms with Gasteiger partial charge in [-0.25, -0.2) is 0 Å².